The van der Waals surface area contributed by atoms with Gasteiger partial charge in [-0.3, -0.25) is 10.1 Å². The summed E-state index contributed by atoms with van der Waals surface area (Å²) in [6.07, 6.45) is 2.00. The van der Waals surface area contributed by atoms with Crippen molar-refractivity contribution < 1.29 is 47.9 Å². The van der Waals surface area contributed by atoms with Crippen molar-refractivity contribution in [3.63, 3.8) is 0 Å². The van der Waals surface area contributed by atoms with Gasteiger partial charge >= 0.3 is 6.09 Å². The molecule has 0 aliphatic carbocycles. The molecule has 0 bridgehead atoms. The van der Waals surface area contributed by atoms with Gasteiger partial charge in [-0.15, -0.1) is 0 Å². The molecule has 1 saturated heterocycles. The Morgan fingerprint density at radius 1 is 0.921 bits per heavy atom. The first-order valence-electron chi connectivity index (χ1n) is 12.8. The molecule has 202 valence electrons. The molecule has 7 nitrogen and oxygen atoms in total. The van der Waals surface area contributed by atoms with Crippen LogP contribution in [0.2, 0.25) is 0 Å². The zero-order valence-electron chi connectivity index (χ0n) is 22.0. The Labute approximate surface area is 241 Å². The third-order valence-corrected chi connectivity index (χ3v) is 6.85. The lowest BCUT2D eigenvalue weighted by Gasteiger charge is -2.36. The second-order valence-corrected chi connectivity index (χ2v) is 10.3. The number of piperidine rings is 1. The van der Waals surface area contributed by atoms with Gasteiger partial charge < -0.3 is 43.6 Å². The fraction of sp³-hybridized carbons (Fsp3) is 0.333. The molecule has 0 atom stereocenters. The molecule has 1 heterocycles. The fourth-order valence-electron chi connectivity index (χ4n) is 4.55. The number of hydrogen-bond acceptors (Lipinski definition) is 4. The van der Waals surface area contributed by atoms with E-state index in [2.05, 4.69) is 24.7 Å². The number of amides is 2. The monoisotopic (exact) mass is 629 g/mol. The number of nitrogens with zero attached hydrogens (tertiary/aromatic N) is 1. The van der Waals surface area contributed by atoms with Crippen LogP contribution >= 0.6 is 0 Å². The fourth-order valence-corrected chi connectivity index (χ4v) is 4.55. The topological polar surface area (TPSA) is 87.7 Å². The second kappa shape index (κ2) is 13.7. The first-order chi connectivity index (χ1) is 17.8. The van der Waals surface area contributed by atoms with E-state index in [1.807, 2.05) is 48.5 Å². The maximum Gasteiger partial charge on any atom is 0.411 e. The summed E-state index contributed by atoms with van der Waals surface area (Å²) in [5.74, 6) is -0.101. The van der Waals surface area contributed by atoms with Crippen molar-refractivity contribution in [3.05, 3.63) is 83.9 Å². The van der Waals surface area contributed by atoms with Crippen molar-refractivity contribution in [2.24, 2.45) is 0 Å². The molecule has 8 heteroatoms. The van der Waals surface area contributed by atoms with Crippen LogP contribution in [-0.2, 0) is 22.6 Å². The van der Waals surface area contributed by atoms with Crippen LogP contribution in [0.15, 0.2) is 72.8 Å². The molecule has 38 heavy (non-hydrogen) atoms. The number of likely N-dealkylation sites (tertiary alicyclic amines) is 1. The van der Waals surface area contributed by atoms with Crippen molar-refractivity contribution in [1.29, 1.82) is 0 Å². The van der Waals surface area contributed by atoms with E-state index < -0.39 is 6.09 Å². The van der Waals surface area contributed by atoms with Gasteiger partial charge in [0.15, 0.2) is 0 Å². The van der Waals surface area contributed by atoms with Gasteiger partial charge in [0.05, 0.1) is 39.5 Å². The highest BCUT2D eigenvalue weighted by molar-refractivity contribution is 5.92. The van der Waals surface area contributed by atoms with Gasteiger partial charge in [0, 0.05) is 30.5 Å². The van der Waals surface area contributed by atoms with Gasteiger partial charge in [0.1, 0.15) is 6.10 Å². The van der Waals surface area contributed by atoms with Crippen LogP contribution in [0.1, 0.15) is 30.4 Å². The quantitative estimate of drug-likeness (QED) is 0.264. The molecule has 0 unspecified atom stereocenters. The molecule has 1 aliphatic rings. The summed E-state index contributed by atoms with van der Waals surface area (Å²) in [7, 11) is 4.39. The number of aliphatic hydroxyl groups is 1. The van der Waals surface area contributed by atoms with Gasteiger partial charge in [-0.1, -0.05) is 54.6 Å². The van der Waals surface area contributed by atoms with Crippen LogP contribution < -0.4 is 34.6 Å². The lowest BCUT2D eigenvalue weighted by atomic mass is 9.99. The molecule has 3 aromatic rings. The Morgan fingerprint density at radius 3 is 2.24 bits per heavy atom. The summed E-state index contributed by atoms with van der Waals surface area (Å²) >= 11 is 0. The maximum absolute atomic E-state index is 12.8. The number of ether oxygens (including phenoxy) is 1. The minimum absolute atomic E-state index is 0. The molecular formula is C30H36IN3O4. The Balaban J connectivity index is 0.00000400. The number of rotatable bonds is 8. The van der Waals surface area contributed by atoms with E-state index in [1.165, 1.54) is 0 Å². The molecule has 3 N–H and O–H groups in total. The summed E-state index contributed by atoms with van der Waals surface area (Å²) in [5.41, 5.74) is 4.98. The molecule has 4 rings (SSSR count). The van der Waals surface area contributed by atoms with E-state index in [-0.39, 0.29) is 42.6 Å². The number of aryl methyl sites for hydroxylation is 1. The predicted molar refractivity (Wildman–Crippen MR) is 146 cm³/mol. The van der Waals surface area contributed by atoms with E-state index in [0.717, 1.165) is 52.7 Å². The Hall–Kier alpha value is -2.95. The van der Waals surface area contributed by atoms with Crippen molar-refractivity contribution >= 4 is 23.4 Å². The van der Waals surface area contributed by atoms with Crippen LogP contribution in [-0.4, -0.2) is 54.9 Å². The molecule has 1 fully saturated rings. The summed E-state index contributed by atoms with van der Waals surface area (Å²) in [6, 6.07) is 22.9. The van der Waals surface area contributed by atoms with Crippen molar-refractivity contribution in [2.45, 2.75) is 38.4 Å². The minimum atomic E-state index is -0.449. The van der Waals surface area contributed by atoms with Crippen LogP contribution in [0.5, 0.6) is 0 Å². The van der Waals surface area contributed by atoms with Gasteiger partial charge in [-0.05, 0) is 41.3 Å². The number of carbonyl (C=O) groups excluding carboxylic acids is 2. The van der Waals surface area contributed by atoms with Crippen molar-refractivity contribution in [3.8, 4) is 11.1 Å². The number of halogens is 1. The average molecular weight is 630 g/mol. The van der Waals surface area contributed by atoms with Crippen LogP contribution in [0.4, 0.5) is 16.2 Å². The number of carbonyl (C=O) groups is 2. The first kappa shape index (κ1) is 29.6. The maximum atomic E-state index is 12.8. The minimum Gasteiger partial charge on any atom is -1.00 e. The third kappa shape index (κ3) is 8.54. The number of benzene rings is 3. The number of quaternary nitrogens is 1. The molecule has 0 radical (unpaired) electrons. The SMILES string of the molecule is C[N+]1(C)CCC(OC(=O)Nc2cc(CCC(=O)Nc3ccc(CO)cc3)ccc2-c2ccccc2)CC1.[I-]. The third-order valence-electron chi connectivity index (χ3n) is 6.85. The van der Waals surface area contributed by atoms with Gasteiger partial charge in [-0.25, -0.2) is 4.79 Å². The average Bonchev–Trinajstić information content (AvgIpc) is 2.90. The molecule has 2 amide bonds. The highest BCUT2D eigenvalue weighted by Crippen LogP contribution is 2.30. The lowest BCUT2D eigenvalue weighted by Crippen LogP contribution is -3.00. The second-order valence-electron chi connectivity index (χ2n) is 10.3. The van der Waals surface area contributed by atoms with Crippen molar-refractivity contribution in [2.75, 3.05) is 37.8 Å². The van der Waals surface area contributed by atoms with E-state index in [1.54, 1.807) is 24.3 Å². The summed E-state index contributed by atoms with van der Waals surface area (Å²) in [4.78, 5) is 25.3. The lowest BCUT2D eigenvalue weighted by molar-refractivity contribution is -0.896. The number of aliphatic hydroxyl groups excluding tert-OH is 1. The Kier molecular flexibility index (Phi) is 10.7. The van der Waals surface area contributed by atoms with E-state index in [4.69, 9.17) is 9.84 Å². The number of hydrogen-bond donors (Lipinski definition) is 3. The van der Waals surface area contributed by atoms with Gasteiger partial charge in [0.25, 0.3) is 0 Å². The standard InChI is InChI=1S/C30H35N3O4.HI/c1-33(2)18-16-26(17-19-33)37-30(36)32-28-20-22(10-14-27(28)24-6-4-3-5-7-24)11-15-29(35)31-25-12-8-23(21-34)9-13-25;/h3-10,12-14,20,26,34H,11,15-19,21H2,1-2H3,(H-,31,32,35,36);1H. The van der Waals surface area contributed by atoms with Crippen LogP contribution in [0, 0.1) is 0 Å². The van der Waals surface area contributed by atoms with Gasteiger partial charge in [0.2, 0.25) is 5.91 Å². The number of nitrogens with one attached hydrogen (secondary N) is 2. The van der Waals surface area contributed by atoms with E-state index >= 15 is 0 Å². The molecule has 3 aromatic carbocycles. The molecule has 0 saturated carbocycles. The molecule has 0 aromatic heterocycles. The van der Waals surface area contributed by atoms with E-state index in [9.17, 15) is 9.59 Å². The predicted octanol–water partition coefficient (Wildman–Crippen LogP) is 2.21. The number of anilines is 2. The van der Waals surface area contributed by atoms with Gasteiger partial charge in [-0.2, -0.15) is 0 Å². The summed E-state index contributed by atoms with van der Waals surface area (Å²) in [5, 5.41) is 15.0. The zero-order valence-corrected chi connectivity index (χ0v) is 24.1. The Bertz CT molecular complexity index is 1210. The normalized spacial score (nSPS) is 14.7. The summed E-state index contributed by atoms with van der Waals surface area (Å²) < 4.78 is 6.71. The molecular weight excluding hydrogens is 593 g/mol. The van der Waals surface area contributed by atoms with Crippen LogP contribution in [0.25, 0.3) is 11.1 Å². The highest BCUT2D eigenvalue weighted by Gasteiger charge is 2.28. The zero-order chi connectivity index (χ0) is 26.3. The van der Waals surface area contributed by atoms with Crippen LogP contribution in [0.3, 0.4) is 0 Å². The first-order valence-corrected chi connectivity index (χ1v) is 12.8. The van der Waals surface area contributed by atoms with E-state index in [0.29, 0.717) is 24.2 Å². The molecule has 1 aliphatic heterocycles. The van der Waals surface area contributed by atoms with Crippen molar-refractivity contribution in [1.82, 2.24) is 0 Å². The largest absolute Gasteiger partial charge is 1.00 e. The smallest absolute Gasteiger partial charge is 0.411 e. The highest BCUT2D eigenvalue weighted by atomic mass is 127. The summed E-state index contributed by atoms with van der Waals surface area (Å²) in [6.45, 7) is 1.93. The Morgan fingerprint density at radius 2 is 1.58 bits per heavy atom. The molecule has 0 spiro atoms.